The van der Waals surface area contributed by atoms with Crippen molar-refractivity contribution in [1.82, 2.24) is 0 Å². The molecule has 2 N–H and O–H groups in total. The molecule has 0 aliphatic heterocycles. The van der Waals surface area contributed by atoms with Crippen molar-refractivity contribution >= 4 is 23.2 Å². The highest BCUT2D eigenvalue weighted by Gasteiger charge is 2.10. The SMILES string of the molecule is NCCc1cc(Cl)cc(Cl)c1OCc1cccc(F)c1. The van der Waals surface area contributed by atoms with Crippen molar-refractivity contribution < 1.29 is 9.13 Å². The highest BCUT2D eigenvalue weighted by molar-refractivity contribution is 6.35. The number of ether oxygens (including phenoxy) is 1. The van der Waals surface area contributed by atoms with E-state index in [0.717, 1.165) is 11.1 Å². The fourth-order valence-corrected chi connectivity index (χ4v) is 2.49. The number of hydrogen-bond donors (Lipinski definition) is 1. The third-order valence-electron chi connectivity index (χ3n) is 2.77. The molecule has 0 aliphatic rings. The van der Waals surface area contributed by atoms with E-state index in [1.54, 1.807) is 24.3 Å². The number of hydrogen-bond acceptors (Lipinski definition) is 2. The third-order valence-corrected chi connectivity index (χ3v) is 3.27. The summed E-state index contributed by atoms with van der Waals surface area (Å²) in [6, 6.07) is 9.63. The van der Waals surface area contributed by atoms with Gasteiger partial charge in [0.1, 0.15) is 18.2 Å². The van der Waals surface area contributed by atoms with Gasteiger partial charge in [-0.25, -0.2) is 4.39 Å². The molecule has 0 atom stereocenters. The van der Waals surface area contributed by atoms with E-state index in [-0.39, 0.29) is 12.4 Å². The van der Waals surface area contributed by atoms with Gasteiger partial charge in [0.15, 0.2) is 0 Å². The van der Waals surface area contributed by atoms with Gasteiger partial charge in [0.25, 0.3) is 0 Å². The zero-order valence-corrected chi connectivity index (χ0v) is 12.2. The molecule has 0 aromatic heterocycles. The number of halogens is 3. The third kappa shape index (κ3) is 3.85. The van der Waals surface area contributed by atoms with Crippen molar-refractivity contribution in [3.8, 4) is 5.75 Å². The summed E-state index contributed by atoms with van der Waals surface area (Å²) in [7, 11) is 0. The molecule has 2 aromatic carbocycles. The van der Waals surface area contributed by atoms with E-state index >= 15 is 0 Å². The first-order valence-corrected chi connectivity index (χ1v) is 6.91. The van der Waals surface area contributed by atoms with Crippen LogP contribution in [-0.2, 0) is 13.0 Å². The second-order valence-electron chi connectivity index (χ2n) is 4.33. The van der Waals surface area contributed by atoms with Crippen LogP contribution in [0.1, 0.15) is 11.1 Å². The Hall–Kier alpha value is -1.29. The highest BCUT2D eigenvalue weighted by Crippen LogP contribution is 2.33. The first kappa shape index (κ1) is 15.1. The van der Waals surface area contributed by atoms with Gasteiger partial charge in [-0.15, -0.1) is 0 Å². The van der Waals surface area contributed by atoms with Crippen LogP contribution in [0, 0.1) is 5.82 Å². The summed E-state index contributed by atoms with van der Waals surface area (Å²) in [4.78, 5) is 0. The molecule has 0 saturated heterocycles. The molecule has 0 saturated carbocycles. The summed E-state index contributed by atoms with van der Waals surface area (Å²) < 4.78 is 18.8. The first-order valence-electron chi connectivity index (χ1n) is 6.15. The van der Waals surface area contributed by atoms with Crippen LogP contribution in [0.4, 0.5) is 4.39 Å². The van der Waals surface area contributed by atoms with Crippen molar-refractivity contribution in [2.45, 2.75) is 13.0 Å². The summed E-state index contributed by atoms with van der Waals surface area (Å²) in [5.41, 5.74) is 7.15. The fraction of sp³-hybridized carbons (Fsp3) is 0.200. The van der Waals surface area contributed by atoms with Crippen molar-refractivity contribution in [3.63, 3.8) is 0 Å². The summed E-state index contributed by atoms with van der Waals surface area (Å²) >= 11 is 12.1. The Kier molecular flexibility index (Phi) is 5.24. The molecular weight excluding hydrogens is 300 g/mol. The zero-order valence-electron chi connectivity index (χ0n) is 10.7. The van der Waals surface area contributed by atoms with Gasteiger partial charge in [0.2, 0.25) is 0 Å². The lowest BCUT2D eigenvalue weighted by Gasteiger charge is -2.13. The predicted molar refractivity (Wildman–Crippen MR) is 80.0 cm³/mol. The van der Waals surface area contributed by atoms with Crippen molar-refractivity contribution in [2.75, 3.05) is 6.54 Å². The molecule has 0 fully saturated rings. The Morgan fingerprint density at radius 2 is 1.95 bits per heavy atom. The lowest BCUT2D eigenvalue weighted by molar-refractivity contribution is 0.302. The Morgan fingerprint density at radius 3 is 2.65 bits per heavy atom. The average Bonchev–Trinajstić information content (AvgIpc) is 2.38. The lowest BCUT2D eigenvalue weighted by atomic mass is 10.1. The molecule has 0 amide bonds. The van der Waals surface area contributed by atoms with Crippen LogP contribution in [0.5, 0.6) is 5.75 Å². The van der Waals surface area contributed by atoms with Crippen LogP contribution >= 0.6 is 23.2 Å². The Balaban J connectivity index is 2.20. The molecule has 0 radical (unpaired) electrons. The van der Waals surface area contributed by atoms with Gasteiger partial charge in [0.05, 0.1) is 5.02 Å². The van der Waals surface area contributed by atoms with E-state index < -0.39 is 0 Å². The molecule has 0 unspecified atom stereocenters. The van der Waals surface area contributed by atoms with Gasteiger partial charge in [-0.2, -0.15) is 0 Å². The maximum absolute atomic E-state index is 13.1. The second-order valence-corrected chi connectivity index (χ2v) is 5.18. The van der Waals surface area contributed by atoms with Crippen LogP contribution in [0.2, 0.25) is 10.0 Å². The van der Waals surface area contributed by atoms with Gasteiger partial charge in [-0.1, -0.05) is 35.3 Å². The molecular formula is C15H14Cl2FNO. The van der Waals surface area contributed by atoms with E-state index in [0.29, 0.717) is 28.8 Å². The maximum Gasteiger partial charge on any atom is 0.141 e. The number of rotatable bonds is 5. The van der Waals surface area contributed by atoms with Gasteiger partial charge >= 0.3 is 0 Å². The summed E-state index contributed by atoms with van der Waals surface area (Å²) in [6.07, 6.45) is 0.610. The normalized spacial score (nSPS) is 10.6. The molecule has 2 nitrogen and oxygen atoms in total. The van der Waals surface area contributed by atoms with Crippen LogP contribution in [-0.4, -0.2) is 6.54 Å². The zero-order chi connectivity index (χ0) is 14.5. The molecule has 0 aliphatic carbocycles. The summed E-state index contributed by atoms with van der Waals surface area (Å²) in [5.74, 6) is 0.251. The summed E-state index contributed by atoms with van der Waals surface area (Å²) in [6.45, 7) is 0.698. The molecule has 106 valence electrons. The van der Waals surface area contributed by atoms with Crippen LogP contribution in [0.15, 0.2) is 36.4 Å². The van der Waals surface area contributed by atoms with Gasteiger partial charge in [-0.3, -0.25) is 0 Å². The minimum atomic E-state index is -0.296. The Bertz CT molecular complexity index is 604. The van der Waals surface area contributed by atoms with E-state index in [9.17, 15) is 4.39 Å². The van der Waals surface area contributed by atoms with E-state index in [4.69, 9.17) is 33.7 Å². The monoisotopic (exact) mass is 313 g/mol. The molecule has 0 bridgehead atoms. The van der Waals surface area contributed by atoms with Crippen LogP contribution < -0.4 is 10.5 Å². The Morgan fingerprint density at radius 1 is 1.15 bits per heavy atom. The van der Waals surface area contributed by atoms with E-state index in [1.807, 2.05) is 0 Å². The average molecular weight is 314 g/mol. The van der Waals surface area contributed by atoms with Crippen LogP contribution in [0.3, 0.4) is 0 Å². The molecule has 2 aromatic rings. The van der Waals surface area contributed by atoms with Gasteiger partial charge < -0.3 is 10.5 Å². The smallest absolute Gasteiger partial charge is 0.141 e. The van der Waals surface area contributed by atoms with Gasteiger partial charge in [-0.05, 0) is 48.4 Å². The molecule has 2 rings (SSSR count). The number of nitrogens with two attached hydrogens (primary N) is 1. The van der Waals surface area contributed by atoms with Crippen molar-refractivity contribution in [1.29, 1.82) is 0 Å². The Labute approximate surface area is 127 Å². The highest BCUT2D eigenvalue weighted by atomic mass is 35.5. The minimum absolute atomic E-state index is 0.233. The quantitative estimate of drug-likeness (QED) is 0.897. The molecule has 0 heterocycles. The largest absolute Gasteiger partial charge is 0.487 e. The topological polar surface area (TPSA) is 35.2 Å². The molecule has 5 heteroatoms. The molecule has 20 heavy (non-hydrogen) atoms. The van der Waals surface area contributed by atoms with Crippen molar-refractivity contribution in [2.24, 2.45) is 5.73 Å². The standard InChI is InChI=1S/C15H14Cl2FNO/c16-12-7-11(4-5-19)15(14(17)8-12)20-9-10-2-1-3-13(18)6-10/h1-3,6-8H,4-5,9,19H2. The lowest BCUT2D eigenvalue weighted by Crippen LogP contribution is -2.06. The molecule has 0 spiro atoms. The van der Waals surface area contributed by atoms with E-state index in [2.05, 4.69) is 0 Å². The second kappa shape index (κ2) is 6.93. The van der Waals surface area contributed by atoms with E-state index in [1.165, 1.54) is 12.1 Å². The van der Waals surface area contributed by atoms with Crippen molar-refractivity contribution in [3.05, 3.63) is 63.4 Å². The fourth-order valence-electron chi connectivity index (χ4n) is 1.90. The summed E-state index contributed by atoms with van der Waals surface area (Å²) in [5, 5.41) is 0.967. The van der Waals surface area contributed by atoms with Crippen LogP contribution in [0.25, 0.3) is 0 Å². The predicted octanol–water partition coefficient (Wildman–Crippen LogP) is 4.21. The number of benzene rings is 2. The first-order chi connectivity index (χ1) is 9.60. The minimum Gasteiger partial charge on any atom is -0.487 e. The van der Waals surface area contributed by atoms with Gasteiger partial charge in [0, 0.05) is 5.02 Å². The maximum atomic E-state index is 13.1.